The van der Waals surface area contributed by atoms with Crippen molar-refractivity contribution in [3.05, 3.63) is 35.9 Å². The van der Waals surface area contributed by atoms with Crippen molar-refractivity contribution < 1.29 is 19.5 Å². The summed E-state index contributed by atoms with van der Waals surface area (Å²) in [5, 5.41) is 9.04. The molecule has 0 radical (unpaired) electrons. The second kappa shape index (κ2) is 5.86. The first-order valence-electron chi connectivity index (χ1n) is 6.66. The molecule has 0 aromatic heterocycles. The fraction of sp³-hybridized carbons (Fsp3) is 0.400. The third-order valence-electron chi connectivity index (χ3n) is 3.69. The Balaban J connectivity index is 2.15. The van der Waals surface area contributed by atoms with Gasteiger partial charge < -0.3 is 5.11 Å². The molecule has 20 heavy (non-hydrogen) atoms. The lowest BCUT2D eigenvalue weighted by atomic mass is 9.98. The predicted molar refractivity (Wildman–Crippen MR) is 71.9 cm³/mol. The van der Waals surface area contributed by atoms with E-state index in [0.29, 0.717) is 6.42 Å². The van der Waals surface area contributed by atoms with Crippen molar-refractivity contribution in [2.24, 2.45) is 5.92 Å². The highest BCUT2D eigenvalue weighted by molar-refractivity contribution is 6.06. The largest absolute Gasteiger partial charge is 0.481 e. The quantitative estimate of drug-likeness (QED) is 0.829. The molecular weight excluding hydrogens is 258 g/mol. The Morgan fingerprint density at radius 1 is 1.35 bits per heavy atom. The molecule has 1 aromatic rings. The zero-order valence-electron chi connectivity index (χ0n) is 11.3. The smallest absolute Gasteiger partial charge is 0.308 e. The Morgan fingerprint density at radius 2 is 2.00 bits per heavy atom. The average Bonchev–Trinajstić information content (AvgIpc) is 2.72. The molecule has 2 unspecified atom stereocenters. The number of hydrogen-bond donors (Lipinski definition) is 1. The van der Waals surface area contributed by atoms with Gasteiger partial charge in [0.2, 0.25) is 11.8 Å². The first-order valence-corrected chi connectivity index (χ1v) is 6.66. The maximum Gasteiger partial charge on any atom is 0.308 e. The summed E-state index contributed by atoms with van der Waals surface area (Å²) in [6.45, 7) is 1.70. The molecule has 0 spiro atoms. The van der Waals surface area contributed by atoms with Crippen LogP contribution in [0.2, 0.25) is 0 Å². The van der Waals surface area contributed by atoms with Gasteiger partial charge in [-0.1, -0.05) is 37.3 Å². The van der Waals surface area contributed by atoms with Gasteiger partial charge in [-0.2, -0.15) is 0 Å². The van der Waals surface area contributed by atoms with Crippen molar-refractivity contribution in [1.82, 2.24) is 4.90 Å². The summed E-state index contributed by atoms with van der Waals surface area (Å²) in [5.41, 5.74) is 0.803. The summed E-state index contributed by atoms with van der Waals surface area (Å²) in [5.74, 6) is -2.73. The van der Waals surface area contributed by atoms with Crippen molar-refractivity contribution in [1.29, 1.82) is 0 Å². The lowest BCUT2D eigenvalue weighted by Gasteiger charge is -2.19. The Morgan fingerprint density at radius 3 is 2.55 bits per heavy atom. The molecule has 1 aliphatic heterocycles. The molecule has 2 rings (SSSR count). The van der Waals surface area contributed by atoms with Crippen LogP contribution in [0.25, 0.3) is 0 Å². The van der Waals surface area contributed by atoms with Crippen molar-refractivity contribution in [3.63, 3.8) is 0 Å². The Bertz CT molecular complexity index is 526. The van der Waals surface area contributed by atoms with E-state index in [2.05, 4.69) is 0 Å². The molecule has 1 fully saturated rings. The summed E-state index contributed by atoms with van der Waals surface area (Å²) in [6, 6.07) is 9.12. The van der Waals surface area contributed by atoms with Crippen molar-refractivity contribution in [2.75, 3.05) is 6.54 Å². The van der Waals surface area contributed by atoms with Crippen LogP contribution in [0.3, 0.4) is 0 Å². The summed E-state index contributed by atoms with van der Waals surface area (Å²) < 4.78 is 0. The molecule has 1 heterocycles. The summed E-state index contributed by atoms with van der Waals surface area (Å²) in [6.07, 6.45) is 0.515. The van der Waals surface area contributed by atoms with Crippen LogP contribution in [0.4, 0.5) is 0 Å². The number of carboxylic acids is 1. The van der Waals surface area contributed by atoms with Gasteiger partial charge in [0.25, 0.3) is 0 Å². The van der Waals surface area contributed by atoms with Crippen molar-refractivity contribution in [2.45, 2.75) is 25.7 Å². The molecule has 1 aromatic carbocycles. The monoisotopic (exact) mass is 275 g/mol. The van der Waals surface area contributed by atoms with Gasteiger partial charge in [0, 0.05) is 13.0 Å². The van der Waals surface area contributed by atoms with Gasteiger partial charge in [-0.25, -0.2) is 0 Å². The first-order chi connectivity index (χ1) is 9.54. The molecule has 2 amide bonds. The average molecular weight is 275 g/mol. The van der Waals surface area contributed by atoms with E-state index in [0.717, 1.165) is 10.5 Å². The van der Waals surface area contributed by atoms with Gasteiger partial charge in [0.05, 0.1) is 11.8 Å². The Hall–Kier alpha value is -2.17. The number of rotatable bonds is 5. The fourth-order valence-corrected chi connectivity index (χ4v) is 2.42. The van der Waals surface area contributed by atoms with Gasteiger partial charge in [0.1, 0.15) is 0 Å². The SMILES string of the molecule is CCC(CN1C(=O)CC(c2ccccc2)C1=O)C(=O)O. The molecule has 106 valence electrons. The normalized spacial score (nSPS) is 20.2. The Kier molecular flexibility index (Phi) is 4.17. The minimum absolute atomic E-state index is 0.0349. The van der Waals surface area contributed by atoms with Gasteiger partial charge in [-0.3, -0.25) is 19.3 Å². The molecule has 5 heteroatoms. The maximum absolute atomic E-state index is 12.3. The number of likely N-dealkylation sites (tertiary alicyclic amines) is 1. The zero-order valence-corrected chi connectivity index (χ0v) is 11.3. The maximum atomic E-state index is 12.3. The number of amides is 2. The first kappa shape index (κ1) is 14.2. The van der Waals surface area contributed by atoms with Gasteiger partial charge in [-0.05, 0) is 12.0 Å². The van der Waals surface area contributed by atoms with E-state index < -0.39 is 17.8 Å². The van der Waals surface area contributed by atoms with E-state index in [-0.39, 0.29) is 24.8 Å². The minimum atomic E-state index is -0.976. The van der Waals surface area contributed by atoms with Crippen molar-refractivity contribution >= 4 is 17.8 Å². The number of carboxylic acid groups (broad SMARTS) is 1. The second-order valence-corrected chi connectivity index (χ2v) is 4.95. The minimum Gasteiger partial charge on any atom is -0.481 e. The van der Waals surface area contributed by atoms with Gasteiger partial charge >= 0.3 is 5.97 Å². The van der Waals surface area contributed by atoms with Crippen LogP contribution in [0, 0.1) is 5.92 Å². The van der Waals surface area contributed by atoms with E-state index in [4.69, 9.17) is 5.11 Å². The zero-order chi connectivity index (χ0) is 14.7. The lowest BCUT2D eigenvalue weighted by molar-refractivity contribution is -0.145. The summed E-state index contributed by atoms with van der Waals surface area (Å²) in [7, 11) is 0. The topological polar surface area (TPSA) is 74.7 Å². The number of nitrogens with zero attached hydrogens (tertiary/aromatic N) is 1. The van der Waals surface area contributed by atoms with Crippen LogP contribution in [0.5, 0.6) is 0 Å². The third kappa shape index (κ3) is 2.71. The molecule has 2 atom stereocenters. The standard InChI is InChI=1S/C15H17NO4/c1-2-10(15(19)20)9-16-13(17)8-12(14(16)18)11-6-4-3-5-7-11/h3-7,10,12H,2,8-9H2,1H3,(H,19,20). The van der Waals surface area contributed by atoms with Crippen LogP contribution in [0.1, 0.15) is 31.2 Å². The van der Waals surface area contributed by atoms with Gasteiger partial charge in [0.15, 0.2) is 0 Å². The van der Waals surface area contributed by atoms with Crippen LogP contribution >= 0.6 is 0 Å². The second-order valence-electron chi connectivity index (χ2n) is 4.95. The number of carbonyl (C=O) groups is 3. The van der Waals surface area contributed by atoms with E-state index in [1.54, 1.807) is 6.92 Å². The number of imide groups is 1. The molecule has 5 nitrogen and oxygen atoms in total. The summed E-state index contributed by atoms with van der Waals surface area (Å²) in [4.78, 5) is 36.4. The number of aliphatic carboxylic acids is 1. The predicted octanol–water partition coefficient (Wildman–Crippen LogP) is 1.64. The highest BCUT2D eigenvalue weighted by Gasteiger charge is 2.40. The van der Waals surface area contributed by atoms with Crippen LogP contribution in [-0.2, 0) is 14.4 Å². The fourth-order valence-electron chi connectivity index (χ4n) is 2.42. The molecule has 1 saturated heterocycles. The van der Waals surface area contributed by atoms with Crippen molar-refractivity contribution in [3.8, 4) is 0 Å². The molecule has 1 N–H and O–H groups in total. The number of hydrogen-bond acceptors (Lipinski definition) is 3. The van der Waals surface area contributed by atoms with Crippen LogP contribution < -0.4 is 0 Å². The molecule has 0 aliphatic carbocycles. The van der Waals surface area contributed by atoms with E-state index in [9.17, 15) is 14.4 Å². The summed E-state index contributed by atoms with van der Waals surface area (Å²) >= 11 is 0. The lowest BCUT2D eigenvalue weighted by Crippen LogP contribution is -2.37. The van der Waals surface area contributed by atoms with Crippen LogP contribution in [0.15, 0.2) is 30.3 Å². The third-order valence-corrected chi connectivity index (χ3v) is 3.69. The van der Waals surface area contributed by atoms with E-state index in [1.165, 1.54) is 0 Å². The Labute approximate surface area is 117 Å². The van der Waals surface area contributed by atoms with E-state index >= 15 is 0 Å². The molecular formula is C15H17NO4. The van der Waals surface area contributed by atoms with Crippen LogP contribution in [-0.4, -0.2) is 34.3 Å². The number of carbonyl (C=O) groups excluding carboxylic acids is 2. The van der Waals surface area contributed by atoms with Gasteiger partial charge in [-0.15, -0.1) is 0 Å². The molecule has 0 bridgehead atoms. The highest BCUT2D eigenvalue weighted by atomic mass is 16.4. The number of benzene rings is 1. The highest BCUT2D eigenvalue weighted by Crippen LogP contribution is 2.30. The molecule has 1 aliphatic rings. The van der Waals surface area contributed by atoms with E-state index in [1.807, 2.05) is 30.3 Å². The molecule has 0 saturated carbocycles.